The Morgan fingerprint density at radius 3 is 3.00 bits per heavy atom. The Morgan fingerprint density at radius 1 is 1.68 bits per heavy atom. The number of hydrogen-bond acceptors (Lipinski definition) is 6. The van der Waals surface area contributed by atoms with Crippen molar-refractivity contribution in [2.24, 2.45) is 0 Å². The summed E-state index contributed by atoms with van der Waals surface area (Å²) in [6.45, 7) is 0.188. The second-order valence-electron chi connectivity index (χ2n) is 3.66. The predicted octanol–water partition coefficient (Wildman–Crippen LogP) is 1.76. The molecule has 0 amide bonds. The molecule has 0 aliphatic heterocycles. The maximum atomic E-state index is 10.4. The zero-order valence-corrected chi connectivity index (χ0v) is 11.5. The average molecular weight is 284 g/mol. The maximum Gasteiger partial charge on any atom is 0.263 e. The monoisotopic (exact) mass is 284 g/mol. The highest BCUT2D eigenvalue weighted by Crippen LogP contribution is 2.19. The number of aliphatic hydroxyl groups excluding tert-OH is 1. The second kappa shape index (κ2) is 7.65. The summed E-state index contributed by atoms with van der Waals surface area (Å²) in [5.41, 5.74) is 0.688. The fourth-order valence-corrected chi connectivity index (χ4v) is 1.85. The normalized spacial score (nSPS) is 12.9. The molecule has 0 aliphatic rings. The standard InChI is InChI=1S/C12H16N2O4S/c1-18-10-5-3-4-9(6-10)11(15)7-13-12(19-2)8-14(16)17/h3-6,8,11,13,15H,7H2,1-2H3. The number of nitro groups is 1. The van der Waals surface area contributed by atoms with Gasteiger partial charge in [-0.2, -0.15) is 0 Å². The molecule has 1 unspecified atom stereocenters. The third kappa shape index (κ3) is 5.19. The molecule has 0 aromatic heterocycles. The highest BCUT2D eigenvalue weighted by molar-refractivity contribution is 8.02. The number of benzene rings is 1. The molecule has 0 aliphatic carbocycles. The molecule has 0 bridgehead atoms. The lowest BCUT2D eigenvalue weighted by Gasteiger charge is -2.14. The zero-order valence-electron chi connectivity index (χ0n) is 10.7. The molecule has 2 N–H and O–H groups in total. The van der Waals surface area contributed by atoms with E-state index in [9.17, 15) is 15.2 Å². The first-order valence-corrected chi connectivity index (χ1v) is 6.74. The molecule has 19 heavy (non-hydrogen) atoms. The van der Waals surface area contributed by atoms with Gasteiger partial charge < -0.3 is 15.2 Å². The van der Waals surface area contributed by atoms with Crippen LogP contribution in [0.15, 0.2) is 35.5 Å². The van der Waals surface area contributed by atoms with Crippen molar-refractivity contribution >= 4 is 11.8 Å². The van der Waals surface area contributed by atoms with Crippen molar-refractivity contribution in [3.63, 3.8) is 0 Å². The van der Waals surface area contributed by atoms with Crippen LogP contribution in [0.5, 0.6) is 5.75 Å². The second-order valence-corrected chi connectivity index (χ2v) is 4.50. The van der Waals surface area contributed by atoms with Gasteiger partial charge in [0.15, 0.2) is 0 Å². The summed E-state index contributed by atoms with van der Waals surface area (Å²) in [6.07, 6.45) is 1.83. The zero-order chi connectivity index (χ0) is 14.3. The molecule has 104 valence electrons. The molecule has 0 heterocycles. The van der Waals surface area contributed by atoms with E-state index in [-0.39, 0.29) is 6.54 Å². The van der Waals surface area contributed by atoms with E-state index >= 15 is 0 Å². The van der Waals surface area contributed by atoms with E-state index in [0.29, 0.717) is 16.3 Å². The molecule has 0 spiro atoms. The van der Waals surface area contributed by atoms with Gasteiger partial charge in [-0.3, -0.25) is 10.1 Å². The van der Waals surface area contributed by atoms with Gasteiger partial charge in [-0.15, -0.1) is 11.8 Å². The van der Waals surface area contributed by atoms with Gasteiger partial charge in [-0.25, -0.2) is 0 Å². The minimum absolute atomic E-state index is 0.188. The molecule has 0 saturated heterocycles. The number of rotatable bonds is 7. The van der Waals surface area contributed by atoms with Crippen LogP contribution in [-0.2, 0) is 0 Å². The van der Waals surface area contributed by atoms with E-state index in [0.717, 1.165) is 6.20 Å². The highest BCUT2D eigenvalue weighted by Gasteiger charge is 2.10. The number of methoxy groups -OCH3 is 1. The van der Waals surface area contributed by atoms with Crippen molar-refractivity contribution in [3.05, 3.63) is 51.2 Å². The molecule has 1 rings (SSSR count). The number of thioether (sulfide) groups is 1. The number of hydrogen-bond donors (Lipinski definition) is 2. The van der Waals surface area contributed by atoms with Crippen LogP contribution < -0.4 is 10.1 Å². The van der Waals surface area contributed by atoms with Crippen LogP contribution in [0.4, 0.5) is 0 Å². The van der Waals surface area contributed by atoms with Crippen LogP contribution in [0.25, 0.3) is 0 Å². The third-order valence-electron chi connectivity index (χ3n) is 2.39. The number of aliphatic hydroxyl groups is 1. The molecule has 0 fully saturated rings. The van der Waals surface area contributed by atoms with Crippen LogP contribution in [0.1, 0.15) is 11.7 Å². The van der Waals surface area contributed by atoms with Gasteiger partial charge >= 0.3 is 0 Å². The molecule has 1 atom stereocenters. The van der Waals surface area contributed by atoms with E-state index in [1.165, 1.54) is 11.8 Å². The van der Waals surface area contributed by atoms with Crippen LogP contribution in [0.2, 0.25) is 0 Å². The maximum absolute atomic E-state index is 10.4. The first-order valence-electron chi connectivity index (χ1n) is 5.52. The molecule has 1 aromatic rings. The van der Waals surface area contributed by atoms with Gasteiger partial charge in [-0.1, -0.05) is 12.1 Å². The molecule has 0 saturated carbocycles. The summed E-state index contributed by atoms with van der Waals surface area (Å²) in [4.78, 5) is 9.83. The molecule has 7 heteroatoms. The lowest BCUT2D eigenvalue weighted by Crippen LogP contribution is -2.20. The summed E-state index contributed by atoms with van der Waals surface area (Å²) < 4.78 is 5.07. The van der Waals surface area contributed by atoms with Crippen LogP contribution in [-0.4, -0.2) is 29.9 Å². The summed E-state index contributed by atoms with van der Waals surface area (Å²) in [6, 6.07) is 7.05. The molecular weight excluding hydrogens is 268 g/mol. The van der Waals surface area contributed by atoms with Crippen molar-refractivity contribution < 1.29 is 14.8 Å². The molecule has 1 aromatic carbocycles. The van der Waals surface area contributed by atoms with Crippen LogP contribution in [0.3, 0.4) is 0 Å². The topological polar surface area (TPSA) is 84.6 Å². The fourth-order valence-electron chi connectivity index (χ4n) is 1.43. The first kappa shape index (κ1) is 15.3. The van der Waals surface area contributed by atoms with Crippen molar-refractivity contribution in [1.29, 1.82) is 0 Å². The Hall–Kier alpha value is -1.73. The smallest absolute Gasteiger partial charge is 0.263 e. The summed E-state index contributed by atoms with van der Waals surface area (Å²) >= 11 is 1.22. The minimum atomic E-state index is -0.766. The van der Waals surface area contributed by atoms with E-state index in [1.54, 1.807) is 37.6 Å². The lowest BCUT2D eigenvalue weighted by atomic mass is 10.1. The molecular formula is C12H16N2O4S. The van der Waals surface area contributed by atoms with Gasteiger partial charge in [0.05, 0.1) is 18.1 Å². The van der Waals surface area contributed by atoms with Crippen molar-refractivity contribution in [2.75, 3.05) is 19.9 Å². The lowest BCUT2D eigenvalue weighted by molar-refractivity contribution is -0.403. The number of ether oxygens (including phenoxy) is 1. The van der Waals surface area contributed by atoms with Crippen LogP contribution >= 0.6 is 11.8 Å². The average Bonchev–Trinajstić information content (AvgIpc) is 2.42. The van der Waals surface area contributed by atoms with Gasteiger partial charge in [0.2, 0.25) is 0 Å². The van der Waals surface area contributed by atoms with Gasteiger partial charge in [0.25, 0.3) is 6.20 Å². The van der Waals surface area contributed by atoms with Crippen LogP contribution in [0, 0.1) is 10.1 Å². The van der Waals surface area contributed by atoms with Crippen molar-refractivity contribution in [3.8, 4) is 5.75 Å². The SMILES string of the molecule is COc1cccc(C(O)CNC(=C[N+](=O)[O-])SC)c1. The third-order valence-corrected chi connectivity index (χ3v) is 3.08. The van der Waals surface area contributed by atoms with Gasteiger partial charge in [0.1, 0.15) is 10.8 Å². The summed E-state index contributed by atoms with van der Waals surface area (Å²) in [7, 11) is 1.55. The van der Waals surface area contributed by atoms with Gasteiger partial charge in [0, 0.05) is 6.54 Å². The van der Waals surface area contributed by atoms with E-state index in [2.05, 4.69) is 5.32 Å². The molecule has 6 nitrogen and oxygen atoms in total. The predicted molar refractivity (Wildman–Crippen MR) is 74.5 cm³/mol. The Bertz CT molecular complexity index is 465. The summed E-state index contributed by atoms with van der Waals surface area (Å²) in [5.74, 6) is 0.655. The van der Waals surface area contributed by atoms with Crippen molar-refractivity contribution in [2.45, 2.75) is 6.10 Å². The Morgan fingerprint density at radius 2 is 2.42 bits per heavy atom. The largest absolute Gasteiger partial charge is 0.497 e. The van der Waals surface area contributed by atoms with E-state index < -0.39 is 11.0 Å². The number of nitrogens with zero attached hydrogens (tertiary/aromatic N) is 1. The Balaban J connectivity index is 2.63. The van der Waals surface area contributed by atoms with Gasteiger partial charge in [-0.05, 0) is 24.0 Å². The minimum Gasteiger partial charge on any atom is -0.497 e. The van der Waals surface area contributed by atoms with Crippen molar-refractivity contribution in [1.82, 2.24) is 5.32 Å². The van der Waals surface area contributed by atoms with E-state index in [4.69, 9.17) is 4.74 Å². The quantitative estimate of drug-likeness (QED) is 0.586. The highest BCUT2D eigenvalue weighted by atomic mass is 32.2. The first-order chi connectivity index (χ1) is 9.06. The Kier molecular flexibility index (Phi) is 6.17. The Labute approximate surface area is 115 Å². The fraction of sp³-hybridized carbons (Fsp3) is 0.333. The number of nitrogens with one attached hydrogen (secondary N) is 1. The van der Waals surface area contributed by atoms with E-state index in [1.807, 2.05) is 0 Å². The summed E-state index contributed by atoms with van der Waals surface area (Å²) in [5, 5.41) is 23.6. The molecule has 0 radical (unpaired) electrons.